The quantitative estimate of drug-likeness (QED) is 0.827. The van der Waals surface area contributed by atoms with Gasteiger partial charge in [-0.3, -0.25) is 4.79 Å². The van der Waals surface area contributed by atoms with E-state index in [4.69, 9.17) is 5.73 Å². The average molecular weight is 339 g/mol. The largest absolute Gasteiger partial charge is 0.353 e. The van der Waals surface area contributed by atoms with Gasteiger partial charge < -0.3 is 11.1 Å². The minimum absolute atomic E-state index is 0. The molecule has 130 valence electrons. The van der Waals surface area contributed by atoms with Gasteiger partial charge in [-0.2, -0.15) is 0 Å². The molecule has 0 unspecified atom stereocenters. The summed E-state index contributed by atoms with van der Waals surface area (Å²) in [6, 6.07) is 11.1. The first-order valence-electron chi connectivity index (χ1n) is 8.58. The molecule has 1 aliphatic rings. The summed E-state index contributed by atoms with van der Waals surface area (Å²) in [4.78, 5) is 12.5. The summed E-state index contributed by atoms with van der Waals surface area (Å²) in [5.41, 5.74) is 6.97. The Morgan fingerprint density at radius 2 is 1.78 bits per heavy atom. The lowest BCUT2D eigenvalue weighted by molar-refractivity contribution is -0.130. The smallest absolute Gasteiger partial charge is 0.225 e. The number of halogens is 1. The lowest BCUT2D eigenvalue weighted by atomic mass is 9.84. The fourth-order valence-corrected chi connectivity index (χ4v) is 3.14. The first-order valence-corrected chi connectivity index (χ1v) is 8.58. The lowest BCUT2D eigenvalue weighted by Crippen LogP contribution is -2.45. The van der Waals surface area contributed by atoms with E-state index in [0.29, 0.717) is 12.1 Å². The highest BCUT2D eigenvalue weighted by Gasteiger charge is 2.29. The molecule has 3 N–H and O–H groups in total. The second-order valence-corrected chi connectivity index (χ2v) is 7.31. The van der Waals surface area contributed by atoms with Gasteiger partial charge in [0.1, 0.15) is 0 Å². The summed E-state index contributed by atoms with van der Waals surface area (Å²) >= 11 is 0. The van der Waals surface area contributed by atoms with Crippen molar-refractivity contribution in [2.45, 2.75) is 70.9 Å². The van der Waals surface area contributed by atoms with Crippen LogP contribution in [0.4, 0.5) is 0 Å². The van der Waals surface area contributed by atoms with Gasteiger partial charge in [0.2, 0.25) is 5.91 Å². The molecule has 0 spiro atoms. The minimum atomic E-state index is -0.297. The fourth-order valence-electron chi connectivity index (χ4n) is 3.14. The summed E-state index contributed by atoms with van der Waals surface area (Å²) in [5.74, 6) is 0.195. The Morgan fingerprint density at radius 3 is 2.39 bits per heavy atom. The maximum absolute atomic E-state index is 12.5. The number of nitrogens with two attached hydrogens (primary N) is 1. The molecule has 2 rings (SSSR count). The molecule has 0 saturated heterocycles. The van der Waals surface area contributed by atoms with Gasteiger partial charge >= 0.3 is 0 Å². The number of nitrogens with one attached hydrogen (secondary N) is 1. The van der Waals surface area contributed by atoms with Crippen LogP contribution in [0.15, 0.2) is 30.3 Å². The number of benzene rings is 1. The number of hydrogen-bond donors (Lipinski definition) is 2. The summed E-state index contributed by atoms with van der Waals surface area (Å²) in [5, 5.41) is 3.23. The van der Waals surface area contributed by atoms with Gasteiger partial charge in [-0.25, -0.2) is 0 Å². The summed E-state index contributed by atoms with van der Waals surface area (Å²) in [7, 11) is 0. The third-order valence-corrected chi connectivity index (χ3v) is 4.83. The summed E-state index contributed by atoms with van der Waals surface area (Å²) in [6.45, 7) is 4.11. The van der Waals surface area contributed by atoms with Crippen LogP contribution in [0.2, 0.25) is 0 Å². The van der Waals surface area contributed by atoms with Crippen LogP contribution in [0.1, 0.15) is 57.9 Å². The molecule has 0 aliphatic heterocycles. The van der Waals surface area contributed by atoms with Crippen LogP contribution in [-0.2, 0) is 11.2 Å². The van der Waals surface area contributed by atoms with E-state index in [1.54, 1.807) is 0 Å². The molecule has 0 radical (unpaired) electrons. The molecule has 1 amide bonds. The number of carbonyl (C=O) groups excluding carboxylic acids is 1. The second-order valence-electron chi connectivity index (χ2n) is 7.31. The van der Waals surface area contributed by atoms with Gasteiger partial charge in [-0.15, -0.1) is 12.4 Å². The van der Waals surface area contributed by atoms with Gasteiger partial charge in [0.15, 0.2) is 0 Å². The van der Waals surface area contributed by atoms with Crippen molar-refractivity contribution in [2.75, 3.05) is 0 Å². The number of amides is 1. The molecule has 1 saturated carbocycles. The van der Waals surface area contributed by atoms with E-state index < -0.39 is 0 Å². The van der Waals surface area contributed by atoms with Crippen molar-refractivity contribution in [1.82, 2.24) is 5.32 Å². The molecule has 23 heavy (non-hydrogen) atoms. The Hall–Kier alpha value is -1.06. The van der Waals surface area contributed by atoms with E-state index >= 15 is 0 Å². The van der Waals surface area contributed by atoms with Crippen molar-refractivity contribution < 1.29 is 4.79 Å². The molecule has 0 atom stereocenters. The Bertz CT molecular complexity index is 468. The van der Waals surface area contributed by atoms with Gasteiger partial charge in [0.25, 0.3) is 0 Å². The molecule has 1 aliphatic carbocycles. The SMILES string of the molecule is CC(C)(CCCc1ccccc1)C(=O)NC1CCC(N)CC1.Cl. The van der Waals surface area contributed by atoms with Crippen LogP contribution >= 0.6 is 12.4 Å². The van der Waals surface area contributed by atoms with Gasteiger partial charge in [0.05, 0.1) is 0 Å². The molecule has 0 bridgehead atoms. The Kier molecular flexibility index (Phi) is 8.07. The molecule has 1 fully saturated rings. The zero-order chi connectivity index (χ0) is 16.0. The Morgan fingerprint density at radius 1 is 1.17 bits per heavy atom. The third kappa shape index (κ3) is 6.52. The predicted molar refractivity (Wildman–Crippen MR) is 98.8 cm³/mol. The third-order valence-electron chi connectivity index (χ3n) is 4.83. The maximum Gasteiger partial charge on any atom is 0.225 e. The fraction of sp³-hybridized carbons (Fsp3) is 0.632. The topological polar surface area (TPSA) is 55.1 Å². The second kappa shape index (κ2) is 9.29. The monoisotopic (exact) mass is 338 g/mol. The van der Waals surface area contributed by atoms with Crippen molar-refractivity contribution >= 4 is 18.3 Å². The van der Waals surface area contributed by atoms with Crippen molar-refractivity contribution in [2.24, 2.45) is 11.1 Å². The van der Waals surface area contributed by atoms with Gasteiger partial charge in [-0.05, 0) is 50.5 Å². The summed E-state index contributed by atoms with van der Waals surface area (Å²) < 4.78 is 0. The highest BCUT2D eigenvalue weighted by atomic mass is 35.5. The van der Waals surface area contributed by atoms with Crippen LogP contribution in [0.25, 0.3) is 0 Å². The molecule has 1 aromatic carbocycles. The Labute approximate surface area is 146 Å². The van der Waals surface area contributed by atoms with E-state index in [0.717, 1.165) is 44.9 Å². The van der Waals surface area contributed by atoms with Crippen LogP contribution in [0.3, 0.4) is 0 Å². The molecule has 0 heterocycles. The highest BCUT2D eigenvalue weighted by molar-refractivity contribution is 5.85. The number of rotatable bonds is 6. The molecule has 1 aromatic rings. The van der Waals surface area contributed by atoms with E-state index in [2.05, 4.69) is 43.4 Å². The van der Waals surface area contributed by atoms with Crippen molar-refractivity contribution in [3.8, 4) is 0 Å². The standard InChI is InChI=1S/C19H30N2O.ClH/c1-19(2,14-6-9-15-7-4-3-5-8-15)18(22)21-17-12-10-16(20)11-13-17;/h3-5,7-8,16-17H,6,9-14,20H2,1-2H3,(H,21,22);1H. The predicted octanol–water partition coefficient (Wildman–Crippen LogP) is 3.84. The van der Waals surface area contributed by atoms with Crippen molar-refractivity contribution in [3.05, 3.63) is 35.9 Å². The molecule has 4 heteroatoms. The maximum atomic E-state index is 12.5. The van der Waals surface area contributed by atoms with E-state index in [1.165, 1.54) is 5.56 Å². The Balaban J connectivity index is 0.00000264. The van der Waals surface area contributed by atoms with Gasteiger partial charge in [0, 0.05) is 17.5 Å². The molecular weight excluding hydrogens is 308 g/mol. The van der Waals surface area contributed by atoms with Crippen LogP contribution < -0.4 is 11.1 Å². The zero-order valence-electron chi connectivity index (χ0n) is 14.4. The first-order chi connectivity index (χ1) is 10.5. The van der Waals surface area contributed by atoms with E-state index in [-0.39, 0.29) is 23.7 Å². The van der Waals surface area contributed by atoms with Crippen LogP contribution in [-0.4, -0.2) is 18.0 Å². The van der Waals surface area contributed by atoms with E-state index in [9.17, 15) is 4.79 Å². The zero-order valence-corrected chi connectivity index (χ0v) is 15.2. The molecule has 0 aromatic heterocycles. The van der Waals surface area contributed by atoms with Crippen molar-refractivity contribution in [1.29, 1.82) is 0 Å². The number of carbonyl (C=O) groups is 1. The van der Waals surface area contributed by atoms with Crippen LogP contribution in [0.5, 0.6) is 0 Å². The minimum Gasteiger partial charge on any atom is -0.353 e. The normalized spacial score (nSPS) is 21.3. The highest BCUT2D eigenvalue weighted by Crippen LogP contribution is 2.25. The molecule has 3 nitrogen and oxygen atoms in total. The lowest BCUT2D eigenvalue weighted by Gasteiger charge is -2.31. The van der Waals surface area contributed by atoms with Gasteiger partial charge in [-0.1, -0.05) is 44.2 Å². The summed E-state index contributed by atoms with van der Waals surface area (Å²) in [6.07, 6.45) is 7.09. The van der Waals surface area contributed by atoms with Crippen molar-refractivity contribution in [3.63, 3.8) is 0 Å². The molecular formula is C19H31ClN2O. The number of aryl methyl sites for hydroxylation is 1. The number of hydrogen-bond acceptors (Lipinski definition) is 2. The van der Waals surface area contributed by atoms with E-state index in [1.807, 2.05) is 6.07 Å². The van der Waals surface area contributed by atoms with Crippen LogP contribution in [0, 0.1) is 5.41 Å². The average Bonchev–Trinajstić information content (AvgIpc) is 2.50. The first kappa shape index (κ1) is 20.0.